The van der Waals surface area contributed by atoms with Crippen molar-refractivity contribution in [2.45, 2.75) is 19.9 Å². The highest BCUT2D eigenvalue weighted by atomic mass is 16.5. The Labute approximate surface area is 170 Å². The Morgan fingerprint density at radius 1 is 1.03 bits per heavy atom. The summed E-state index contributed by atoms with van der Waals surface area (Å²) < 4.78 is 5.43. The smallest absolute Gasteiger partial charge is 0.212 e. The van der Waals surface area contributed by atoms with Gasteiger partial charge in [0.2, 0.25) is 6.41 Å². The molecule has 0 saturated carbocycles. The van der Waals surface area contributed by atoms with Crippen molar-refractivity contribution in [1.82, 2.24) is 10.2 Å². The molecule has 0 radical (unpaired) electrons. The summed E-state index contributed by atoms with van der Waals surface area (Å²) in [6.45, 7) is 7.49. The Hall–Kier alpha value is -3.19. The van der Waals surface area contributed by atoms with Gasteiger partial charge in [0, 0.05) is 30.2 Å². The number of nitrogens with one attached hydrogen (secondary N) is 2. The van der Waals surface area contributed by atoms with Crippen LogP contribution >= 0.6 is 0 Å². The van der Waals surface area contributed by atoms with Crippen LogP contribution in [0.1, 0.15) is 13.8 Å². The van der Waals surface area contributed by atoms with Crippen LogP contribution in [0, 0.1) is 0 Å². The standard InChI is InChI=1S/C22H25N5O2/c1-15(2)24-21-19-8-5-17(13-20(19)25-26-22(21)23-14-28)16-3-6-18(7-4-16)27-9-11-29-12-10-27/h3-8,13-15H,9-12H2,1-2H3,(H,24,25)(H,23,26,28). The molecule has 7 heteroatoms. The lowest BCUT2D eigenvalue weighted by molar-refractivity contribution is -0.105. The minimum Gasteiger partial charge on any atom is -0.379 e. The molecule has 150 valence electrons. The molecule has 0 spiro atoms. The molecule has 2 aromatic carbocycles. The molecule has 1 saturated heterocycles. The van der Waals surface area contributed by atoms with Crippen molar-refractivity contribution >= 4 is 34.5 Å². The fourth-order valence-electron chi connectivity index (χ4n) is 3.56. The minimum absolute atomic E-state index is 0.196. The Bertz CT molecular complexity index is 998. The number of morpholine rings is 1. The number of nitrogens with zero attached hydrogens (tertiary/aromatic N) is 3. The summed E-state index contributed by atoms with van der Waals surface area (Å²) in [5.41, 5.74) is 4.97. The second-order valence-electron chi connectivity index (χ2n) is 7.36. The molecular formula is C22H25N5O2. The number of fused-ring (bicyclic) bond motifs is 1. The van der Waals surface area contributed by atoms with E-state index in [1.54, 1.807) is 0 Å². The van der Waals surface area contributed by atoms with Crippen molar-refractivity contribution in [3.8, 4) is 11.1 Å². The molecule has 0 atom stereocenters. The van der Waals surface area contributed by atoms with E-state index in [4.69, 9.17) is 4.74 Å². The largest absolute Gasteiger partial charge is 0.379 e. The zero-order valence-electron chi connectivity index (χ0n) is 16.7. The molecule has 7 nitrogen and oxygen atoms in total. The topological polar surface area (TPSA) is 79.4 Å². The van der Waals surface area contributed by atoms with Gasteiger partial charge in [0.05, 0.1) is 24.4 Å². The molecule has 2 heterocycles. The predicted octanol–water partition coefficient (Wildman–Crippen LogP) is 3.52. The van der Waals surface area contributed by atoms with Gasteiger partial charge in [-0.2, -0.15) is 0 Å². The second kappa shape index (κ2) is 8.45. The lowest BCUT2D eigenvalue weighted by Crippen LogP contribution is -2.36. The highest BCUT2D eigenvalue weighted by Gasteiger charge is 2.14. The maximum absolute atomic E-state index is 10.9. The third kappa shape index (κ3) is 4.14. The molecule has 1 aliphatic rings. The summed E-state index contributed by atoms with van der Waals surface area (Å²) in [5.74, 6) is 0.434. The fourth-order valence-corrected chi connectivity index (χ4v) is 3.56. The quantitative estimate of drug-likeness (QED) is 0.626. The summed E-state index contributed by atoms with van der Waals surface area (Å²) in [6, 6.07) is 14.9. The molecule has 4 rings (SSSR count). The molecule has 0 unspecified atom stereocenters. The fraction of sp³-hybridized carbons (Fsp3) is 0.318. The van der Waals surface area contributed by atoms with Crippen LogP contribution in [0.5, 0.6) is 0 Å². The first kappa shape index (κ1) is 19.1. The predicted molar refractivity (Wildman–Crippen MR) is 116 cm³/mol. The average Bonchev–Trinajstić information content (AvgIpc) is 2.75. The van der Waals surface area contributed by atoms with Crippen LogP contribution in [0.3, 0.4) is 0 Å². The second-order valence-corrected chi connectivity index (χ2v) is 7.36. The van der Waals surface area contributed by atoms with E-state index in [-0.39, 0.29) is 6.04 Å². The summed E-state index contributed by atoms with van der Waals surface area (Å²) in [6.07, 6.45) is 0.617. The number of ether oxygens (including phenoxy) is 1. The van der Waals surface area contributed by atoms with E-state index in [2.05, 4.69) is 56.1 Å². The molecule has 29 heavy (non-hydrogen) atoms. The van der Waals surface area contributed by atoms with Gasteiger partial charge in [-0.25, -0.2) is 0 Å². The highest BCUT2D eigenvalue weighted by molar-refractivity contribution is 5.99. The minimum atomic E-state index is 0.196. The number of carbonyl (C=O) groups excluding carboxylic acids is 1. The molecule has 0 aliphatic carbocycles. The zero-order chi connectivity index (χ0) is 20.2. The number of amides is 1. The first-order valence-electron chi connectivity index (χ1n) is 9.86. The van der Waals surface area contributed by atoms with Crippen LogP contribution in [0.4, 0.5) is 17.2 Å². The van der Waals surface area contributed by atoms with Crippen molar-refractivity contribution in [3.05, 3.63) is 42.5 Å². The lowest BCUT2D eigenvalue weighted by atomic mass is 10.0. The zero-order valence-corrected chi connectivity index (χ0v) is 16.7. The van der Waals surface area contributed by atoms with Crippen LogP contribution in [0.15, 0.2) is 42.5 Å². The molecule has 2 N–H and O–H groups in total. The van der Waals surface area contributed by atoms with Crippen molar-refractivity contribution in [2.75, 3.05) is 41.8 Å². The summed E-state index contributed by atoms with van der Waals surface area (Å²) in [5, 5.41) is 15.4. The number of carbonyl (C=O) groups is 1. The first-order valence-corrected chi connectivity index (χ1v) is 9.86. The van der Waals surface area contributed by atoms with Gasteiger partial charge in [-0.1, -0.05) is 18.2 Å². The third-order valence-electron chi connectivity index (χ3n) is 4.97. The van der Waals surface area contributed by atoms with Gasteiger partial charge < -0.3 is 20.3 Å². The molecular weight excluding hydrogens is 366 g/mol. The van der Waals surface area contributed by atoms with E-state index in [0.29, 0.717) is 12.2 Å². The van der Waals surface area contributed by atoms with Crippen molar-refractivity contribution < 1.29 is 9.53 Å². The van der Waals surface area contributed by atoms with Gasteiger partial charge in [-0.3, -0.25) is 4.79 Å². The maximum atomic E-state index is 10.9. The monoisotopic (exact) mass is 391 g/mol. The summed E-state index contributed by atoms with van der Waals surface area (Å²) in [7, 11) is 0. The maximum Gasteiger partial charge on any atom is 0.212 e. The normalized spacial score (nSPS) is 14.2. The SMILES string of the molecule is CC(C)Nc1c(NC=O)nnc2cc(-c3ccc(N4CCOCC4)cc3)ccc12. The Kier molecular flexibility index (Phi) is 5.57. The molecule has 1 fully saturated rings. The van der Waals surface area contributed by atoms with Crippen LogP contribution in [0.25, 0.3) is 22.0 Å². The molecule has 1 aromatic heterocycles. The Balaban J connectivity index is 1.66. The van der Waals surface area contributed by atoms with E-state index < -0.39 is 0 Å². The number of hydrogen-bond donors (Lipinski definition) is 2. The molecule has 3 aromatic rings. The van der Waals surface area contributed by atoms with E-state index in [1.165, 1.54) is 5.69 Å². The van der Waals surface area contributed by atoms with E-state index in [9.17, 15) is 4.79 Å². The van der Waals surface area contributed by atoms with Crippen molar-refractivity contribution in [2.24, 2.45) is 0 Å². The van der Waals surface area contributed by atoms with Gasteiger partial charge >= 0.3 is 0 Å². The number of anilines is 3. The molecule has 0 bridgehead atoms. The van der Waals surface area contributed by atoms with E-state index in [0.717, 1.165) is 54.0 Å². The van der Waals surface area contributed by atoms with Gasteiger partial charge in [0.1, 0.15) is 0 Å². The number of aromatic nitrogens is 2. The van der Waals surface area contributed by atoms with Gasteiger partial charge in [-0.15, -0.1) is 10.2 Å². The summed E-state index contributed by atoms with van der Waals surface area (Å²) >= 11 is 0. The third-order valence-corrected chi connectivity index (χ3v) is 4.97. The van der Waals surface area contributed by atoms with E-state index in [1.807, 2.05) is 26.0 Å². The Morgan fingerprint density at radius 3 is 2.45 bits per heavy atom. The molecule has 1 amide bonds. The average molecular weight is 391 g/mol. The van der Waals surface area contributed by atoms with E-state index >= 15 is 0 Å². The van der Waals surface area contributed by atoms with Crippen LogP contribution in [-0.2, 0) is 9.53 Å². The highest BCUT2D eigenvalue weighted by Crippen LogP contribution is 2.32. The Morgan fingerprint density at radius 2 is 1.76 bits per heavy atom. The van der Waals surface area contributed by atoms with Gasteiger partial charge in [0.25, 0.3) is 0 Å². The van der Waals surface area contributed by atoms with Crippen LogP contribution < -0.4 is 15.5 Å². The first-order chi connectivity index (χ1) is 14.2. The van der Waals surface area contributed by atoms with Crippen LogP contribution in [-0.4, -0.2) is 49.0 Å². The van der Waals surface area contributed by atoms with Crippen molar-refractivity contribution in [1.29, 1.82) is 0 Å². The van der Waals surface area contributed by atoms with Crippen LogP contribution in [0.2, 0.25) is 0 Å². The lowest BCUT2D eigenvalue weighted by Gasteiger charge is -2.28. The van der Waals surface area contributed by atoms with Gasteiger partial charge in [0.15, 0.2) is 5.82 Å². The number of rotatable bonds is 6. The van der Waals surface area contributed by atoms with Crippen molar-refractivity contribution in [3.63, 3.8) is 0 Å². The van der Waals surface area contributed by atoms with Gasteiger partial charge in [-0.05, 0) is 49.2 Å². The summed E-state index contributed by atoms with van der Waals surface area (Å²) in [4.78, 5) is 13.3. The number of hydrogen-bond acceptors (Lipinski definition) is 6. The number of benzene rings is 2. The molecule has 1 aliphatic heterocycles.